The second-order valence-corrected chi connectivity index (χ2v) is 4.26. The van der Waals surface area contributed by atoms with Crippen molar-refractivity contribution in [3.8, 4) is 0 Å². The first-order valence-corrected chi connectivity index (χ1v) is 6.08. The van der Waals surface area contributed by atoms with Crippen molar-refractivity contribution in [3.05, 3.63) is 71.9 Å². The van der Waals surface area contributed by atoms with Gasteiger partial charge in [-0.15, -0.1) is 0 Å². The Morgan fingerprint density at radius 3 is 2.80 bits per heavy atom. The SMILES string of the molecule is O=C(OCc1ccccc1F)c1cn2ccccc2n1. The molecule has 0 aliphatic carbocycles. The standard InChI is InChI=1S/C15H11FN2O2/c16-12-6-2-1-5-11(12)10-20-15(19)13-9-18-8-4-3-7-14(18)17-13/h1-9H,10H2. The zero-order valence-electron chi connectivity index (χ0n) is 10.5. The maximum absolute atomic E-state index is 13.4. The van der Waals surface area contributed by atoms with Gasteiger partial charge in [0.2, 0.25) is 0 Å². The number of hydrogen-bond acceptors (Lipinski definition) is 3. The van der Waals surface area contributed by atoms with Crippen molar-refractivity contribution in [3.63, 3.8) is 0 Å². The van der Waals surface area contributed by atoms with Crippen LogP contribution in [0.4, 0.5) is 4.39 Å². The number of hydrogen-bond donors (Lipinski definition) is 0. The number of pyridine rings is 1. The third kappa shape index (κ3) is 2.38. The second kappa shape index (κ2) is 5.13. The van der Waals surface area contributed by atoms with E-state index in [1.54, 1.807) is 41.1 Å². The zero-order chi connectivity index (χ0) is 13.9. The van der Waals surface area contributed by atoms with E-state index in [0.717, 1.165) is 0 Å². The van der Waals surface area contributed by atoms with Crippen molar-refractivity contribution in [1.82, 2.24) is 9.38 Å². The molecule has 2 heterocycles. The first-order valence-electron chi connectivity index (χ1n) is 6.08. The Morgan fingerprint density at radius 2 is 2.00 bits per heavy atom. The van der Waals surface area contributed by atoms with Crippen LogP contribution in [-0.2, 0) is 11.3 Å². The number of aromatic nitrogens is 2. The van der Waals surface area contributed by atoms with E-state index in [4.69, 9.17) is 4.74 Å². The van der Waals surface area contributed by atoms with Crippen LogP contribution >= 0.6 is 0 Å². The normalized spacial score (nSPS) is 10.7. The van der Waals surface area contributed by atoms with Gasteiger partial charge in [0.15, 0.2) is 5.69 Å². The molecule has 5 heteroatoms. The van der Waals surface area contributed by atoms with E-state index in [9.17, 15) is 9.18 Å². The van der Waals surface area contributed by atoms with Gasteiger partial charge in [-0.2, -0.15) is 0 Å². The number of carbonyl (C=O) groups excluding carboxylic acids is 1. The zero-order valence-corrected chi connectivity index (χ0v) is 10.5. The van der Waals surface area contributed by atoms with Crippen LogP contribution in [0.2, 0.25) is 0 Å². The quantitative estimate of drug-likeness (QED) is 0.687. The predicted octanol–water partition coefficient (Wildman–Crippen LogP) is 2.83. The van der Waals surface area contributed by atoms with E-state index < -0.39 is 11.8 Å². The Labute approximate surface area is 114 Å². The van der Waals surface area contributed by atoms with Crippen LogP contribution in [0.5, 0.6) is 0 Å². The van der Waals surface area contributed by atoms with E-state index in [2.05, 4.69) is 4.98 Å². The molecular weight excluding hydrogens is 259 g/mol. The summed E-state index contributed by atoms with van der Waals surface area (Å²) >= 11 is 0. The predicted molar refractivity (Wildman–Crippen MR) is 70.7 cm³/mol. The van der Waals surface area contributed by atoms with Crippen LogP contribution in [0.25, 0.3) is 5.65 Å². The van der Waals surface area contributed by atoms with Crippen molar-refractivity contribution in [2.75, 3.05) is 0 Å². The van der Waals surface area contributed by atoms with Crippen LogP contribution in [0.1, 0.15) is 16.1 Å². The largest absolute Gasteiger partial charge is 0.456 e. The van der Waals surface area contributed by atoms with Gasteiger partial charge in [0.1, 0.15) is 18.1 Å². The van der Waals surface area contributed by atoms with E-state index >= 15 is 0 Å². The van der Waals surface area contributed by atoms with Crippen molar-refractivity contribution < 1.29 is 13.9 Å². The average molecular weight is 270 g/mol. The molecule has 0 atom stereocenters. The lowest BCUT2D eigenvalue weighted by atomic mass is 10.2. The molecule has 0 saturated carbocycles. The van der Waals surface area contributed by atoms with Crippen LogP contribution in [0.15, 0.2) is 54.9 Å². The molecule has 1 aromatic carbocycles. The summed E-state index contributed by atoms with van der Waals surface area (Å²) in [4.78, 5) is 16.0. The lowest BCUT2D eigenvalue weighted by Gasteiger charge is -2.03. The van der Waals surface area contributed by atoms with Crippen LogP contribution in [0, 0.1) is 5.82 Å². The van der Waals surface area contributed by atoms with E-state index in [-0.39, 0.29) is 12.3 Å². The highest BCUT2D eigenvalue weighted by Crippen LogP contribution is 2.10. The minimum atomic E-state index is -0.572. The number of nitrogens with zero attached hydrogens (tertiary/aromatic N) is 2. The van der Waals surface area contributed by atoms with Gasteiger partial charge in [0.05, 0.1) is 0 Å². The number of benzene rings is 1. The van der Waals surface area contributed by atoms with Crippen LogP contribution in [-0.4, -0.2) is 15.4 Å². The Kier molecular flexibility index (Phi) is 3.16. The van der Waals surface area contributed by atoms with Crippen molar-refractivity contribution in [2.24, 2.45) is 0 Å². The van der Waals surface area contributed by atoms with Gasteiger partial charge in [-0.25, -0.2) is 14.2 Å². The first kappa shape index (κ1) is 12.3. The molecule has 0 N–H and O–H groups in total. The summed E-state index contributed by atoms with van der Waals surface area (Å²) < 4.78 is 20.2. The van der Waals surface area contributed by atoms with Gasteiger partial charge in [-0.05, 0) is 18.2 Å². The fraction of sp³-hybridized carbons (Fsp3) is 0.0667. The molecule has 20 heavy (non-hydrogen) atoms. The molecule has 4 nitrogen and oxygen atoms in total. The fourth-order valence-corrected chi connectivity index (χ4v) is 1.87. The Hall–Kier alpha value is -2.69. The van der Waals surface area contributed by atoms with Gasteiger partial charge in [0.25, 0.3) is 0 Å². The summed E-state index contributed by atoms with van der Waals surface area (Å²) in [6.45, 7) is -0.112. The lowest BCUT2D eigenvalue weighted by molar-refractivity contribution is 0.0463. The lowest BCUT2D eigenvalue weighted by Crippen LogP contribution is -2.06. The van der Waals surface area contributed by atoms with Gasteiger partial charge in [0, 0.05) is 18.0 Å². The number of carbonyl (C=O) groups is 1. The summed E-state index contributed by atoms with van der Waals surface area (Å²) in [5.41, 5.74) is 1.20. The third-order valence-electron chi connectivity index (χ3n) is 2.89. The number of halogens is 1. The third-order valence-corrected chi connectivity index (χ3v) is 2.89. The van der Waals surface area contributed by atoms with E-state index in [1.807, 2.05) is 12.1 Å². The highest BCUT2D eigenvalue weighted by Gasteiger charge is 2.13. The molecule has 0 unspecified atom stereocenters. The molecule has 0 aliphatic heterocycles. The number of fused-ring (bicyclic) bond motifs is 1. The minimum Gasteiger partial charge on any atom is -0.456 e. The van der Waals surface area contributed by atoms with E-state index in [1.165, 1.54) is 6.07 Å². The molecule has 2 aromatic heterocycles. The number of rotatable bonds is 3. The second-order valence-electron chi connectivity index (χ2n) is 4.26. The van der Waals surface area contributed by atoms with Crippen molar-refractivity contribution in [2.45, 2.75) is 6.61 Å². The van der Waals surface area contributed by atoms with Gasteiger partial charge >= 0.3 is 5.97 Å². The smallest absolute Gasteiger partial charge is 0.358 e. The summed E-state index contributed by atoms with van der Waals surface area (Å²) in [7, 11) is 0. The highest BCUT2D eigenvalue weighted by molar-refractivity contribution is 5.87. The Bertz CT molecular complexity index is 734. The molecule has 0 amide bonds. The number of ether oxygens (including phenoxy) is 1. The highest BCUT2D eigenvalue weighted by atomic mass is 19.1. The molecule has 100 valence electrons. The minimum absolute atomic E-state index is 0.112. The molecule has 0 spiro atoms. The van der Waals surface area contributed by atoms with Gasteiger partial charge < -0.3 is 9.14 Å². The molecule has 3 rings (SSSR count). The summed E-state index contributed by atoms with van der Waals surface area (Å²) in [6.07, 6.45) is 3.37. The molecule has 0 aliphatic rings. The number of esters is 1. The molecular formula is C15H11FN2O2. The van der Waals surface area contributed by atoms with Crippen molar-refractivity contribution >= 4 is 11.6 Å². The molecule has 0 saturated heterocycles. The maximum atomic E-state index is 13.4. The maximum Gasteiger partial charge on any atom is 0.358 e. The van der Waals surface area contributed by atoms with Crippen molar-refractivity contribution in [1.29, 1.82) is 0 Å². The topological polar surface area (TPSA) is 43.6 Å². The summed E-state index contributed by atoms with van der Waals surface area (Å²) in [5.74, 6) is -0.966. The summed E-state index contributed by atoms with van der Waals surface area (Å²) in [5, 5.41) is 0. The Balaban J connectivity index is 1.75. The van der Waals surface area contributed by atoms with Crippen LogP contribution in [0.3, 0.4) is 0 Å². The van der Waals surface area contributed by atoms with Gasteiger partial charge in [-0.1, -0.05) is 24.3 Å². The Morgan fingerprint density at radius 1 is 1.20 bits per heavy atom. The molecule has 3 aromatic rings. The number of imidazole rings is 1. The monoisotopic (exact) mass is 270 g/mol. The van der Waals surface area contributed by atoms with Gasteiger partial charge in [-0.3, -0.25) is 0 Å². The fourth-order valence-electron chi connectivity index (χ4n) is 1.87. The molecule has 0 radical (unpaired) electrons. The first-order chi connectivity index (χ1) is 9.74. The molecule has 0 bridgehead atoms. The van der Waals surface area contributed by atoms with Crippen LogP contribution < -0.4 is 0 Å². The molecule has 0 fully saturated rings. The average Bonchev–Trinajstić information content (AvgIpc) is 2.90. The van der Waals surface area contributed by atoms with E-state index in [0.29, 0.717) is 11.2 Å². The summed E-state index contributed by atoms with van der Waals surface area (Å²) in [6, 6.07) is 11.6.